The van der Waals surface area contributed by atoms with Gasteiger partial charge in [-0.2, -0.15) is 0 Å². The molecule has 0 aromatic heterocycles. The van der Waals surface area contributed by atoms with Gasteiger partial charge in [-0.3, -0.25) is 0 Å². The number of hydrogen-bond donors (Lipinski definition) is 1. The number of rotatable bonds is 7. The Hall–Kier alpha value is -1.35. The quantitative estimate of drug-likeness (QED) is 0.743. The highest BCUT2D eigenvalue weighted by Crippen LogP contribution is 2.22. The zero-order valence-electron chi connectivity index (χ0n) is 11.4. The molecule has 0 saturated heterocycles. The standard InChI is InChI=1S/C15H22FNO/c1-5-8-17-12(4)13-6-7-15(14(16)9-13)18-10-11(2)3/h6-7,9,12,17H,2,5,8,10H2,1,3-4H3. The number of hydrogen-bond acceptors (Lipinski definition) is 2. The van der Waals surface area contributed by atoms with Gasteiger partial charge in [-0.25, -0.2) is 4.39 Å². The molecule has 1 aromatic rings. The highest BCUT2D eigenvalue weighted by atomic mass is 19.1. The second-order valence-electron chi connectivity index (χ2n) is 4.61. The van der Waals surface area contributed by atoms with Crippen LogP contribution in [0.1, 0.15) is 38.8 Å². The maximum atomic E-state index is 13.8. The van der Waals surface area contributed by atoms with E-state index in [1.54, 1.807) is 6.07 Å². The molecule has 0 bridgehead atoms. The monoisotopic (exact) mass is 251 g/mol. The lowest BCUT2D eigenvalue weighted by Gasteiger charge is -2.15. The van der Waals surface area contributed by atoms with E-state index in [9.17, 15) is 4.39 Å². The molecule has 1 N–H and O–H groups in total. The molecule has 1 aromatic carbocycles. The summed E-state index contributed by atoms with van der Waals surface area (Å²) in [6, 6.07) is 5.25. The molecule has 1 atom stereocenters. The molecule has 3 heteroatoms. The van der Waals surface area contributed by atoms with Crippen LogP contribution in [0.5, 0.6) is 5.75 Å². The summed E-state index contributed by atoms with van der Waals surface area (Å²) >= 11 is 0. The molecule has 1 unspecified atom stereocenters. The van der Waals surface area contributed by atoms with Crippen molar-refractivity contribution < 1.29 is 9.13 Å². The Labute approximate surface area is 109 Å². The van der Waals surface area contributed by atoms with Crippen molar-refractivity contribution in [2.24, 2.45) is 0 Å². The van der Waals surface area contributed by atoms with Crippen LogP contribution in [0.15, 0.2) is 30.4 Å². The summed E-state index contributed by atoms with van der Waals surface area (Å²) in [5.41, 5.74) is 1.81. The molecule has 0 aliphatic carbocycles. The average molecular weight is 251 g/mol. The first-order valence-corrected chi connectivity index (χ1v) is 6.34. The Morgan fingerprint density at radius 1 is 1.50 bits per heavy atom. The van der Waals surface area contributed by atoms with E-state index in [2.05, 4.69) is 18.8 Å². The van der Waals surface area contributed by atoms with Crippen molar-refractivity contribution in [3.05, 3.63) is 41.7 Å². The Balaban J connectivity index is 2.69. The van der Waals surface area contributed by atoms with Crippen LogP contribution in [0, 0.1) is 5.82 Å². The average Bonchev–Trinajstić information content (AvgIpc) is 2.34. The summed E-state index contributed by atoms with van der Waals surface area (Å²) in [6.45, 7) is 11.0. The predicted octanol–water partition coefficient (Wildman–Crippen LogP) is 3.84. The van der Waals surface area contributed by atoms with Gasteiger partial charge >= 0.3 is 0 Å². The largest absolute Gasteiger partial charge is 0.486 e. The van der Waals surface area contributed by atoms with E-state index >= 15 is 0 Å². The van der Waals surface area contributed by atoms with Crippen LogP contribution in [0.25, 0.3) is 0 Å². The Kier molecular flexibility index (Phi) is 5.86. The van der Waals surface area contributed by atoms with Gasteiger partial charge in [-0.05, 0) is 50.1 Å². The normalized spacial score (nSPS) is 12.2. The number of nitrogens with one attached hydrogen (secondary N) is 1. The molecule has 0 radical (unpaired) electrons. The summed E-state index contributed by atoms with van der Waals surface area (Å²) in [6.07, 6.45) is 1.06. The topological polar surface area (TPSA) is 21.3 Å². The van der Waals surface area contributed by atoms with Crippen LogP contribution in [0.3, 0.4) is 0 Å². The fourth-order valence-electron chi connectivity index (χ4n) is 1.58. The van der Waals surface area contributed by atoms with Crippen LogP contribution in [0.4, 0.5) is 4.39 Å². The van der Waals surface area contributed by atoms with E-state index in [1.807, 2.05) is 19.9 Å². The third kappa shape index (κ3) is 4.49. The molecule has 100 valence electrons. The van der Waals surface area contributed by atoms with Crippen molar-refractivity contribution in [3.8, 4) is 5.75 Å². The second kappa shape index (κ2) is 7.17. The lowest BCUT2D eigenvalue weighted by molar-refractivity contribution is 0.332. The minimum atomic E-state index is -0.320. The number of benzene rings is 1. The molecule has 0 heterocycles. The first kappa shape index (κ1) is 14.7. The van der Waals surface area contributed by atoms with E-state index in [1.165, 1.54) is 6.07 Å². The highest BCUT2D eigenvalue weighted by Gasteiger charge is 2.09. The molecular weight excluding hydrogens is 229 g/mol. The zero-order chi connectivity index (χ0) is 13.5. The summed E-state index contributed by atoms with van der Waals surface area (Å²) in [5, 5.41) is 3.32. The fraction of sp³-hybridized carbons (Fsp3) is 0.467. The van der Waals surface area contributed by atoms with E-state index in [-0.39, 0.29) is 17.6 Å². The fourth-order valence-corrected chi connectivity index (χ4v) is 1.58. The van der Waals surface area contributed by atoms with Crippen LogP contribution in [-0.4, -0.2) is 13.2 Å². The second-order valence-corrected chi connectivity index (χ2v) is 4.61. The van der Waals surface area contributed by atoms with Gasteiger partial charge in [-0.1, -0.05) is 19.6 Å². The number of halogens is 1. The number of ether oxygens (including phenoxy) is 1. The Morgan fingerprint density at radius 2 is 2.22 bits per heavy atom. The van der Waals surface area contributed by atoms with E-state index in [0.717, 1.165) is 24.1 Å². The van der Waals surface area contributed by atoms with Crippen LogP contribution in [-0.2, 0) is 0 Å². The molecular formula is C15H22FNO. The molecule has 18 heavy (non-hydrogen) atoms. The minimum absolute atomic E-state index is 0.148. The lowest BCUT2D eigenvalue weighted by atomic mass is 10.1. The third-order valence-electron chi connectivity index (χ3n) is 2.63. The molecule has 0 aliphatic heterocycles. The molecule has 1 rings (SSSR count). The van der Waals surface area contributed by atoms with Gasteiger partial charge in [0.1, 0.15) is 6.61 Å². The van der Waals surface area contributed by atoms with Crippen LogP contribution < -0.4 is 10.1 Å². The van der Waals surface area contributed by atoms with Gasteiger partial charge in [0, 0.05) is 6.04 Å². The van der Waals surface area contributed by atoms with Gasteiger partial charge in [0.15, 0.2) is 11.6 Å². The predicted molar refractivity (Wildman–Crippen MR) is 73.4 cm³/mol. The lowest BCUT2D eigenvalue weighted by Crippen LogP contribution is -2.19. The van der Waals surface area contributed by atoms with Crippen molar-refractivity contribution >= 4 is 0 Å². The first-order chi connectivity index (χ1) is 8.54. The maximum Gasteiger partial charge on any atom is 0.165 e. The highest BCUT2D eigenvalue weighted by molar-refractivity contribution is 5.31. The molecule has 0 fully saturated rings. The molecule has 0 saturated carbocycles. The van der Waals surface area contributed by atoms with Crippen LogP contribution in [0.2, 0.25) is 0 Å². The SMILES string of the molecule is C=C(C)COc1ccc(C(C)NCCC)cc1F. The first-order valence-electron chi connectivity index (χ1n) is 6.34. The molecule has 2 nitrogen and oxygen atoms in total. The molecule has 0 amide bonds. The van der Waals surface area contributed by atoms with Gasteiger partial charge in [0.25, 0.3) is 0 Å². The smallest absolute Gasteiger partial charge is 0.165 e. The zero-order valence-corrected chi connectivity index (χ0v) is 11.4. The van der Waals surface area contributed by atoms with E-state index in [0.29, 0.717) is 6.61 Å². The van der Waals surface area contributed by atoms with Crippen molar-refractivity contribution in [3.63, 3.8) is 0 Å². The van der Waals surface area contributed by atoms with E-state index < -0.39 is 0 Å². The van der Waals surface area contributed by atoms with Crippen molar-refractivity contribution in [2.45, 2.75) is 33.2 Å². The molecule has 0 spiro atoms. The Bertz CT molecular complexity index is 403. The summed E-state index contributed by atoms with van der Waals surface area (Å²) in [7, 11) is 0. The summed E-state index contributed by atoms with van der Waals surface area (Å²) in [4.78, 5) is 0. The summed E-state index contributed by atoms with van der Waals surface area (Å²) < 4.78 is 19.1. The van der Waals surface area contributed by atoms with Crippen molar-refractivity contribution in [1.82, 2.24) is 5.32 Å². The van der Waals surface area contributed by atoms with Gasteiger partial charge in [0.05, 0.1) is 0 Å². The minimum Gasteiger partial charge on any atom is -0.486 e. The van der Waals surface area contributed by atoms with Gasteiger partial charge in [-0.15, -0.1) is 0 Å². The van der Waals surface area contributed by atoms with Crippen molar-refractivity contribution in [1.29, 1.82) is 0 Å². The van der Waals surface area contributed by atoms with E-state index in [4.69, 9.17) is 4.74 Å². The summed E-state index contributed by atoms with van der Waals surface area (Å²) in [5.74, 6) is -0.0386. The van der Waals surface area contributed by atoms with Crippen LogP contribution >= 0.6 is 0 Å². The van der Waals surface area contributed by atoms with Gasteiger partial charge < -0.3 is 10.1 Å². The van der Waals surface area contributed by atoms with Crippen molar-refractivity contribution in [2.75, 3.05) is 13.2 Å². The van der Waals surface area contributed by atoms with Gasteiger partial charge in [0.2, 0.25) is 0 Å². The Morgan fingerprint density at radius 3 is 2.78 bits per heavy atom. The maximum absolute atomic E-state index is 13.8. The molecule has 0 aliphatic rings. The third-order valence-corrected chi connectivity index (χ3v) is 2.63.